The Morgan fingerprint density at radius 1 is 0.778 bits per heavy atom. The highest BCUT2D eigenvalue weighted by Crippen LogP contribution is 2.45. The van der Waals surface area contributed by atoms with Gasteiger partial charge in [-0.1, -0.05) is 18.2 Å². The number of rotatable bonds is 3. The molecular formula is C30H28F2N2O2. The van der Waals surface area contributed by atoms with Crippen LogP contribution in [0.4, 0.5) is 8.78 Å². The average Bonchev–Trinajstić information content (AvgIpc) is 3.25. The lowest BCUT2D eigenvalue weighted by Gasteiger charge is -2.24. The summed E-state index contributed by atoms with van der Waals surface area (Å²) in [4.78, 5) is 0. The lowest BCUT2D eigenvalue weighted by Crippen LogP contribution is -2.13. The molecule has 184 valence electrons. The zero-order chi connectivity index (χ0) is 25.0. The Morgan fingerprint density at radius 2 is 1.33 bits per heavy atom. The van der Waals surface area contributed by atoms with Crippen LogP contribution in [0.15, 0.2) is 42.5 Å². The monoisotopic (exact) mass is 486 g/mol. The smallest absolute Gasteiger partial charge is 0.166 e. The number of nitrogens with zero attached hydrogens (tertiary/aromatic N) is 2. The minimum absolute atomic E-state index is 0.347. The molecule has 3 aromatic carbocycles. The van der Waals surface area contributed by atoms with Crippen molar-refractivity contribution in [1.82, 2.24) is 9.78 Å². The van der Waals surface area contributed by atoms with Crippen LogP contribution in [0.3, 0.4) is 0 Å². The van der Waals surface area contributed by atoms with Crippen LogP contribution in [-0.2, 0) is 12.8 Å². The van der Waals surface area contributed by atoms with Gasteiger partial charge in [-0.05, 0) is 87.4 Å². The van der Waals surface area contributed by atoms with Crippen LogP contribution in [0.25, 0.3) is 28.1 Å². The van der Waals surface area contributed by atoms with Gasteiger partial charge in [-0.2, -0.15) is 5.10 Å². The summed E-state index contributed by atoms with van der Waals surface area (Å²) in [6.07, 6.45) is 3.21. The molecule has 0 N–H and O–H groups in total. The molecule has 6 rings (SSSR count). The molecule has 0 amide bonds. The summed E-state index contributed by atoms with van der Waals surface area (Å²) in [5, 5.41) is 4.91. The lowest BCUT2D eigenvalue weighted by molar-refractivity contribution is 0.273. The highest BCUT2D eigenvalue weighted by Gasteiger charge is 2.29. The maximum Gasteiger partial charge on any atom is 0.166 e. The van der Waals surface area contributed by atoms with Crippen LogP contribution in [0, 0.1) is 32.4 Å². The first kappa shape index (κ1) is 22.8. The van der Waals surface area contributed by atoms with E-state index < -0.39 is 0 Å². The molecule has 2 aliphatic heterocycles. The molecule has 2 aliphatic rings. The Bertz CT molecular complexity index is 1490. The Kier molecular flexibility index (Phi) is 5.55. The second kappa shape index (κ2) is 8.77. The zero-order valence-corrected chi connectivity index (χ0v) is 20.8. The summed E-state index contributed by atoms with van der Waals surface area (Å²) >= 11 is 0. The molecule has 4 aromatic rings. The molecule has 0 aliphatic carbocycles. The van der Waals surface area contributed by atoms with E-state index >= 15 is 8.78 Å². The molecule has 6 heteroatoms. The second-order valence-corrected chi connectivity index (χ2v) is 9.64. The van der Waals surface area contributed by atoms with Crippen molar-refractivity contribution >= 4 is 0 Å². The third kappa shape index (κ3) is 3.50. The van der Waals surface area contributed by atoms with Crippen molar-refractivity contribution in [3.05, 3.63) is 82.0 Å². The average molecular weight is 487 g/mol. The van der Waals surface area contributed by atoms with E-state index in [1.54, 1.807) is 12.1 Å². The standard InChI is InChI=1S/C30H28F2N2O2/c1-17-21-11-7-13-35-29(21)25(31)15-23(17)27-19(3)33-34(20-9-5-4-6-10-20)28(27)24-16-26(32)30-22(18(24)2)12-8-14-36-30/h4-6,9-10,15-16H,7-8,11-14H2,1-3H3. The Morgan fingerprint density at radius 3 is 1.94 bits per heavy atom. The van der Waals surface area contributed by atoms with Crippen LogP contribution in [0.5, 0.6) is 11.5 Å². The normalized spacial score (nSPS) is 14.6. The van der Waals surface area contributed by atoms with Gasteiger partial charge in [-0.25, -0.2) is 13.5 Å². The van der Waals surface area contributed by atoms with Crippen LogP contribution >= 0.6 is 0 Å². The molecule has 3 heterocycles. The first-order valence-corrected chi connectivity index (χ1v) is 12.5. The van der Waals surface area contributed by atoms with Gasteiger partial charge in [-0.3, -0.25) is 0 Å². The molecular weight excluding hydrogens is 458 g/mol. The maximum absolute atomic E-state index is 15.4. The zero-order valence-electron chi connectivity index (χ0n) is 20.8. The summed E-state index contributed by atoms with van der Waals surface area (Å²) in [6, 6.07) is 12.9. The van der Waals surface area contributed by atoms with E-state index in [4.69, 9.17) is 14.6 Å². The first-order valence-electron chi connectivity index (χ1n) is 12.5. The molecule has 36 heavy (non-hydrogen) atoms. The molecule has 0 bridgehead atoms. The Hall–Kier alpha value is -3.67. The summed E-state index contributed by atoms with van der Waals surface area (Å²) in [5.41, 5.74) is 8.40. The number of aryl methyl sites for hydroxylation is 1. The van der Waals surface area contributed by atoms with Crippen molar-refractivity contribution in [1.29, 1.82) is 0 Å². The van der Waals surface area contributed by atoms with Crippen molar-refractivity contribution in [2.75, 3.05) is 13.2 Å². The molecule has 0 radical (unpaired) electrons. The Balaban J connectivity index is 1.69. The summed E-state index contributed by atoms with van der Waals surface area (Å²) in [6.45, 7) is 7.00. The van der Waals surface area contributed by atoms with Gasteiger partial charge in [0, 0.05) is 22.3 Å². The summed E-state index contributed by atoms with van der Waals surface area (Å²) in [5.74, 6) is -0.0497. The number of aromatic nitrogens is 2. The van der Waals surface area contributed by atoms with Crippen LogP contribution in [0.1, 0.15) is 40.8 Å². The highest BCUT2D eigenvalue weighted by molar-refractivity contribution is 5.88. The van der Waals surface area contributed by atoms with E-state index in [1.165, 1.54) is 0 Å². The van der Waals surface area contributed by atoms with Gasteiger partial charge >= 0.3 is 0 Å². The third-order valence-corrected chi connectivity index (χ3v) is 7.46. The van der Waals surface area contributed by atoms with Gasteiger partial charge in [0.15, 0.2) is 23.1 Å². The van der Waals surface area contributed by atoms with Crippen molar-refractivity contribution < 1.29 is 18.3 Å². The predicted octanol–water partition coefficient (Wildman–Crippen LogP) is 7.06. The van der Waals surface area contributed by atoms with Gasteiger partial charge in [-0.15, -0.1) is 0 Å². The number of hydrogen-bond donors (Lipinski definition) is 0. The quantitative estimate of drug-likeness (QED) is 0.311. The molecule has 0 saturated heterocycles. The molecule has 0 fully saturated rings. The molecule has 0 unspecified atom stereocenters. The Labute approximate surface area is 209 Å². The van der Waals surface area contributed by atoms with Crippen LogP contribution < -0.4 is 9.47 Å². The van der Waals surface area contributed by atoms with E-state index in [-0.39, 0.29) is 11.6 Å². The third-order valence-electron chi connectivity index (χ3n) is 7.46. The van der Waals surface area contributed by atoms with Crippen molar-refractivity contribution in [3.63, 3.8) is 0 Å². The number of ether oxygens (including phenoxy) is 2. The topological polar surface area (TPSA) is 36.3 Å². The van der Waals surface area contributed by atoms with Crippen molar-refractivity contribution in [2.24, 2.45) is 0 Å². The van der Waals surface area contributed by atoms with Gasteiger partial charge in [0.2, 0.25) is 0 Å². The van der Waals surface area contributed by atoms with Crippen LogP contribution in [0.2, 0.25) is 0 Å². The van der Waals surface area contributed by atoms with E-state index in [1.807, 2.05) is 55.8 Å². The molecule has 1 aromatic heterocycles. The fraction of sp³-hybridized carbons (Fsp3) is 0.300. The molecule has 4 nitrogen and oxygen atoms in total. The maximum atomic E-state index is 15.4. The second-order valence-electron chi connectivity index (χ2n) is 9.64. The minimum atomic E-state index is -0.378. The SMILES string of the molecule is Cc1nn(-c2ccccc2)c(-c2cc(F)c3c(c2C)CCCO3)c1-c1cc(F)c2c(c1C)CCCO2. The van der Waals surface area contributed by atoms with Crippen LogP contribution in [-0.4, -0.2) is 23.0 Å². The van der Waals surface area contributed by atoms with E-state index in [2.05, 4.69) is 0 Å². The fourth-order valence-corrected chi connectivity index (χ4v) is 5.68. The largest absolute Gasteiger partial charge is 0.490 e. The van der Waals surface area contributed by atoms with Gasteiger partial charge in [0.25, 0.3) is 0 Å². The minimum Gasteiger partial charge on any atom is -0.490 e. The van der Waals surface area contributed by atoms with Gasteiger partial charge in [0.1, 0.15) is 0 Å². The van der Waals surface area contributed by atoms with Crippen molar-refractivity contribution in [2.45, 2.75) is 46.5 Å². The fourth-order valence-electron chi connectivity index (χ4n) is 5.68. The lowest BCUT2D eigenvalue weighted by atomic mass is 9.87. The van der Waals surface area contributed by atoms with E-state index in [0.29, 0.717) is 24.7 Å². The van der Waals surface area contributed by atoms with Gasteiger partial charge < -0.3 is 9.47 Å². The van der Waals surface area contributed by atoms with Crippen molar-refractivity contribution in [3.8, 4) is 39.6 Å². The summed E-state index contributed by atoms with van der Waals surface area (Å²) in [7, 11) is 0. The number of para-hydroxylation sites is 1. The number of benzene rings is 3. The predicted molar refractivity (Wildman–Crippen MR) is 136 cm³/mol. The number of hydrogen-bond acceptors (Lipinski definition) is 3. The number of fused-ring (bicyclic) bond motifs is 2. The van der Waals surface area contributed by atoms with Gasteiger partial charge in [0.05, 0.1) is 30.3 Å². The highest BCUT2D eigenvalue weighted by atomic mass is 19.1. The molecule has 0 atom stereocenters. The number of halogens is 2. The first-order chi connectivity index (χ1) is 17.5. The molecule has 0 spiro atoms. The van der Waals surface area contributed by atoms with E-state index in [0.717, 1.165) is 81.7 Å². The van der Waals surface area contributed by atoms with E-state index in [9.17, 15) is 0 Å². The summed E-state index contributed by atoms with van der Waals surface area (Å²) < 4.78 is 44.0. The molecule has 0 saturated carbocycles.